The Morgan fingerprint density at radius 3 is 2.37 bits per heavy atom. The SMILES string of the molecule is Cc1sc(CNCc2ccc(N(C)C)cc2)cc1Br. The van der Waals surface area contributed by atoms with Crippen LogP contribution in [-0.2, 0) is 13.1 Å². The molecule has 0 saturated heterocycles. The van der Waals surface area contributed by atoms with E-state index in [1.54, 1.807) is 0 Å². The average molecular weight is 339 g/mol. The molecule has 0 atom stereocenters. The molecule has 0 radical (unpaired) electrons. The van der Waals surface area contributed by atoms with Crippen molar-refractivity contribution in [1.82, 2.24) is 5.32 Å². The lowest BCUT2D eigenvalue weighted by Gasteiger charge is -2.12. The summed E-state index contributed by atoms with van der Waals surface area (Å²) in [5, 5.41) is 3.48. The highest BCUT2D eigenvalue weighted by Gasteiger charge is 2.02. The van der Waals surface area contributed by atoms with Gasteiger partial charge >= 0.3 is 0 Å². The second kappa shape index (κ2) is 6.55. The minimum atomic E-state index is 0.905. The smallest absolute Gasteiger partial charge is 0.0361 e. The molecule has 1 heterocycles. The summed E-state index contributed by atoms with van der Waals surface area (Å²) in [6.45, 7) is 3.97. The van der Waals surface area contributed by atoms with Crippen LogP contribution in [0.25, 0.3) is 0 Å². The molecule has 19 heavy (non-hydrogen) atoms. The van der Waals surface area contributed by atoms with Crippen LogP contribution < -0.4 is 10.2 Å². The van der Waals surface area contributed by atoms with Gasteiger partial charge in [0.15, 0.2) is 0 Å². The zero-order valence-electron chi connectivity index (χ0n) is 11.5. The Kier molecular flexibility index (Phi) is 5.02. The van der Waals surface area contributed by atoms with Gasteiger partial charge in [0.05, 0.1) is 0 Å². The predicted octanol–water partition coefficient (Wildman–Crippen LogP) is 4.17. The van der Waals surface area contributed by atoms with E-state index in [1.165, 1.54) is 25.5 Å². The number of rotatable bonds is 5. The summed E-state index contributed by atoms with van der Waals surface area (Å²) in [4.78, 5) is 4.82. The third kappa shape index (κ3) is 4.06. The second-order valence-electron chi connectivity index (χ2n) is 4.78. The topological polar surface area (TPSA) is 15.3 Å². The molecule has 0 aliphatic heterocycles. The van der Waals surface area contributed by atoms with Crippen molar-refractivity contribution in [2.24, 2.45) is 0 Å². The van der Waals surface area contributed by atoms with Crippen molar-refractivity contribution < 1.29 is 0 Å². The number of halogens is 1. The Labute approximate surface area is 127 Å². The third-order valence-electron chi connectivity index (χ3n) is 2.99. The highest BCUT2D eigenvalue weighted by Crippen LogP contribution is 2.26. The zero-order chi connectivity index (χ0) is 13.8. The van der Waals surface area contributed by atoms with Gasteiger partial charge in [-0.25, -0.2) is 0 Å². The van der Waals surface area contributed by atoms with Crippen LogP contribution in [-0.4, -0.2) is 14.1 Å². The maximum absolute atomic E-state index is 3.55. The maximum atomic E-state index is 3.55. The quantitative estimate of drug-likeness (QED) is 0.879. The minimum Gasteiger partial charge on any atom is -0.378 e. The van der Waals surface area contributed by atoms with Gasteiger partial charge in [-0.05, 0) is 46.6 Å². The van der Waals surface area contributed by atoms with Gasteiger partial charge < -0.3 is 10.2 Å². The van der Waals surface area contributed by atoms with Gasteiger partial charge in [-0.15, -0.1) is 11.3 Å². The summed E-state index contributed by atoms with van der Waals surface area (Å²) in [7, 11) is 4.12. The molecule has 2 nitrogen and oxygen atoms in total. The van der Waals surface area contributed by atoms with Gasteiger partial charge in [-0.3, -0.25) is 0 Å². The predicted molar refractivity (Wildman–Crippen MR) is 88.1 cm³/mol. The van der Waals surface area contributed by atoms with Gasteiger partial charge in [0.1, 0.15) is 0 Å². The molecule has 102 valence electrons. The number of anilines is 1. The number of thiophene rings is 1. The fraction of sp³-hybridized carbons (Fsp3) is 0.333. The van der Waals surface area contributed by atoms with Crippen molar-refractivity contribution in [1.29, 1.82) is 0 Å². The molecule has 0 bridgehead atoms. The van der Waals surface area contributed by atoms with E-state index in [-0.39, 0.29) is 0 Å². The number of hydrogen-bond acceptors (Lipinski definition) is 3. The lowest BCUT2D eigenvalue weighted by molar-refractivity contribution is 0.701. The normalized spacial score (nSPS) is 10.7. The Bertz CT molecular complexity index is 512. The van der Waals surface area contributed by atoms with Crippen molar-refractivity contribution in [3.05, 3.63) is 50.1 Å². The largest absolute Gasteiger partial charge is 0.378 e. The van der Waals surface area contributed by atoms with E-state index >= 15 is 0 Å². The molecule has 0 aliphatic rings. The first-order valence-corrected chi connectivity index (χ1v) is 7.89. The maximum Gasteiger partial charge on any atom is 0.0361 e. The molecule has 0 unspecified atom stereocenters. The first-order chi connectivity index (χ1) is 9.06. The van der Waals surface area contributed by atoms with E-state index < -0.39 is 0 Å². The Morgan fingerprint density at radius 1 is 1.16 bits per heavy atom. The second-order valence-corrected chi connectivity index (χ2v) is 6.98. The van der Waals surface area contributed by atoms with E-state index in [0.29, 0.717) is 0 Å². The van der Waals surface area contributed by atoms with Crippen LogP contribution in [0.5, 0.6) is 0 Å². The molecule has 1 N–H and O–H groups in total. The van der Waals surface area contributed by atoms with E-state index in [0.717, 1.165) is 13.1 Å². The molecular formula is C15H19BrN2S. The summed E-state index contributed by atoms with van der Waals surface area (Å²) in [6.07, 6.45) is 0. The lowest BCUT2D eigenvalue weighted by atomic mass is 10.2. The Balaban J connectivity index is 1.85. The Morgan fingerprint density at radius 2 is 1.84 bits per heavy atom. The molecule has 1 aromatic heterocycles. The van der Waals surface area contributed by atoms with Crippen LogP contribution in [0.2, 0.25) is 0 Å². The van der Waals surface area contributed by atoms with Gasteiger partial charge in [0, 0.05) is 47.1 Å². The summed E-state index contributed by atoms with van der Waals surface area (Å²) >= 11 is 5.39. The highest BCUT2D eigenvalue weighted by molar-refractivity contribution is 9.10. The molecule has 1 aromatic carbocycles. The molecule has 2 rings (SSSR count). The van der Waals surface area contributed by atoms with Gasteiger partial charge in [0.2, 0.25) is 0 Å². The van der Waals surface area contributed by atoms with Crippen LogP contribution in [0.1, 0.15) is 15.3 Å². The molecule has 0 amide bonds. The molecule has 2 aromatic rings. The average Bonchev–Trinajstić information content (AvgIpc) is 2.69. The molecule has 0 fully saturated rings. The molecule has 0 saturated carbocycles. The van der Waals surface area contributed by atoms with Crippen LogP contribution in [0, 0.1) is 6.92 Å². The van der Waals surface area contributed by atoms with Gasteiger partial charge in [0.25, 0.3) is 0 Å². The zero-order valence-corrected chi connectivity index (χ0v) is 13.9. The summed E-state index contributed by atoms with van der Waals surface area (Å²) in [5.74, 6) is 0. The molecular weight excluding hydrogens is 320 g/mol. The summed E-state index contributed by atoms with van der Waals surface area (Å²) in [5.41, 5.74) is 2.56. The van der Waals surface area contributed by atoms with E-state index in [4.69, 9.17) is 0 Å². The third-order valence-corrected chi connectivity index (χ3v) is 5.13. The van der Waals surface area contributed by atoms with Crippen LogP contribution in [0.15, 0.2) is 34.8 Å². The van der Waals surface area contributed by atoms with E-state index in [9.17, 15) is 0 Å². The van der Waals surface area contributed by atoms with Crippen molar-refractivity contribution in [2.75, 3.05) is 19.0 Å². The Hall–Kier alpha value is -0.840. The van der Waals surface area contributed by atoms with E-state index in [2.05, 4.69) is 77.5 Å². The standard InChI is InChI=1S/C15H19BrN2S/c1-11-15(16)8-14(19-11)10-17-9-12-4-6-13(7-5-12)18(2)3/h4-8,17H,9-10H2,1-3H3. The summed E-state index contributed by atoms with van der Waals surface area (Å²) in [6, 6.07) is 10.9. The first kappa shape index (κ1) is 14.6. The van der Waals surface area contributed by atoms with Crippen molar-refractivity contribution >= 4 is 33.0 Å². The number of nitrogens with one attached hydrogen (secondary N) is 1. The highest BCUT2D eigenvalue weighted by atomic mass is 79.9. The van der Waals surface area contributed by atoms with Crippen LogP contribution in [0.4, 0.5) is 5.69 Å². The fourth-order valence-electron chi connectivity index (χ4n) is 1.85. The lowest BCUT2D eigenvalue weighted by Crippen LogP contribution is -2.12. The van der Waals surface area contributed by atoms with Crippen molar-refractivity contribution in [2.45, 2.75) is 20.0 Å². The summed E-state index contributed by atoms with van der Waals surface area (Å²) < 4.78 is 1.21. The minimum absolute atomic E-state index is 0.905. The van der Waals surface area contributed by atoms with Gasteiger partial charge in [-0.2, -0.15) is 0 Å². The molecule has 4 heteroatoms. The number of aryl methyl sites for hydroxylation is 1. The van der Waals surface area contributed by atoms with Gasteiger partial charge in [-0.1, -0.05) is 12.1 Å². The van der Waals surface area contributed by atoms with Crippen molar-refractivity contribution in [3.63, 3.8) is 0 Å². The number of benzene rings is 1. The van der Waals surface area contributed by atoms with E-state index in [1.807, 2.05) is 11.3 Å². The number of nitrogens with zero attached hydrogens (tertiary/aromatic N) is 1. The monoisotopic (exact) mass is 338 g/mol. The van der Waals surface area contributed by atoms with Crippen LogP contribution in [0.3, 0.4) is 0 Å². The number of hydrogen-bond donors (Lipinski definition) is 1. The molecule has 0 aliphatic carbocycles. The fourth-order valence-corrected chi connectivity index (χ4v) is 3.42. The van der Waals surface area contributed by atoms with Crippen LogP contribution >= 0.6 is 27.3 Å². The van der Waals surface area contributed by atoms with Crippen molar-refractivity contribution in [3.8, 4) is 0 Å². The first-order valence-electron chi connectivity index (χ1n) is 6.28. The molecule has 0 spiro atoms.